The molecule has 0 unspecified atom stereocenters. The smallest absolute Gasteiger partial charge is 0.209 e. The molecule has 164 valence electrons. The summed E-state index contributed by atoms with van der Waals surface area (Å²) in [6, 6.07) is 15.2. The molecule has 0 radical (unpaired) electrons. The summed E-state index contributed by atoms with van der Waals surface area (Å²) >= 11 is 0. The first-order chi connectivity index (χ1) is 15.8. The number of aromatic nitrogens is 5. The molecule has 2 aromatic carbocycles. The summed E-state index contributed by atoms with van der Waals surface area (Å²) in [6.07, 6.45) is 5.68. The Morgan fingerprint density at radius 2 is 1.82 bits per heavy atom. The molecule has 10 heteroatoms. The maximum atomic E-state index is 13.9. The van der Waals surface area contributed by atoms with Gasteiger partial charge in [-0.2, -0.15) is 10.2 Å². The van der Waals surface area contributed by atoms with Crippen LogP contribution >= 0.6 is 0 Å². The highest BCUT2D eigenvalue weighted by atomic mass is 32.2. The quantitative estimate of drug-likeness (QED) is 0.408. The van der Waals surface area contributed by atoms with Crippen LogP contribution in [-0.2, 0) is 9.84 Å². The first-order valence-corrected chi connectivity index (χ1v) is 11.7. The van der Waals surface area contributed by atoms with E-state index in [1.165, 1.54) is 52.1 Å². The van der Waals surface area contributed by atoms with E-state index in [-0.39, 0.29) is 16.0 Å². The molecular weight excluding hydrogens is 445 g/mol. The molecule has 0 N–H and O–H groups in total. The van der Waals surface area contributed by atoms with Gasteiger partial charge < -0.3 is 0 Å². The molecule has 8 nitrogen and oxygen atoms in total. The fourth-order valence-corrected chi connectivity index (χ4v) is 4.21. The first kappa shape index (κ1) is 20.7. The average Bonchev–Trinajstić information content (AvgIpc) is 3.28. The summed E-state index contributed by atoms with van der Waals surface area (Å²) in [5.74, 6) is -0.420. The second-order valence-corrected chi connectivity index (χ2v) is 9.38. The minimum absolute atomic E-state index is 0.0983. The summed E-state index contributed by atoms with van der Waals surface area (Å²) in [6.45, 7) is 0. The molecule has 0 saturated carbocycles. The van der Waals surface area contributed by atoms with Gasteiger partial charge in [0.2, 0.25) is 5.43 Å². The molecule has 3 heterocycles. The van der Waals surface area contributed by atoms with Crippen molar-refractivity contribution in [1.29, 1.82) is 0 Å². The second kappa shape index (κ2) is 7.75. The Morgan fingerprint density at radius 3 is 2.64 bits per heavy atom. The molecule has 0 aliphatic heterocycles. The number of hydrogen-bond acceptors (Lipinski definition) is 6. The third-order valence-electron chi connectivity index (χ3n) is 5.11. The summed E-state index contributed by atoms with van der Waals surface area (Å²) in [7, 11) is -3.42. The number of benzene rings is 2. The highest BCUT2D eigenvalue weighted by Gasteiger charge is 2.16. The lowest BCUT2D eigenvalue weighted by molar-refractivity contribution is 0.601. The van der Waals surface area contributed by atoms with Gasteiger partial charge in [0.25, 0.3) is 0 Å². The predicted molar refractivity (Wildman–Crippen MR) is 121 cm³/mol. The third-order valence-corrected chi connectivity index (χ3v) is 6.22. The van der Waals surface area contributed by atoms with Crippen LogP contribution in [0.25, 0.3) is 33.7 Å². The molecule has 0 amide bonds. The number of halogens is 1. The number of pyridine rings is 1. The normalized spacial score (nSPS) is 11.7. The molecule has 33 heavy (non-hydrogen) atoms. The summed E-state index contributed by atoms with van der Waals surface area (Å²) in [5.41, 5.74) is 1.73. The molecule has 5 rings (SSSR count). The largest absolute Gasteiger partial charge is 0.287 e. The van der Waals surface area contributed by atoms with Crippen molar-refractivity contribution >= 4 is 20.7 Å². The zero-order valence-electron chi connectivity index (χ0n) is 17.3. The van der Waals surface area contributed by atoms with Crippen LogP contribution in [0.1, 0.15) is 0 Å². The predicted octanol–water partition coefficient (Wildman–Crippen LogP) is 3.18. The molecule has 0 saturated heterocycles. The van der Waals surface area contributed by atoms with Crippen LogP contribution in [0.3, 0.4) is 0 Å². The Morgan fingerprint density at radius 1 is 0.970 bits per heavy atom. The monoisotopic (exact) mass is 461 g/mol. The van der Waals surface area contributed by atoms with Gasteiger partial charge in [-0.25, -0.2) is 22.2 Å². The number of rotatable bonds is 4. The molecule has 0 fully saturated rings. The number of hydrogen-bond donors (Lipinski definition) is 0. The van der Waals surface area contributed by atoms with Crippen molar-refractivity contribution in [2.75, 3.05) is 6.26 Å². The Balaban J connectivity index is 1.68. The Bertz CT molecular complexity index is 1690. The van der Waals surface area contributed by atoms with Gasteiger partial charge in [-0.1, -0.05) is 6.07 Å². The average molecular weight is 461 g/mol. The van der Waals surface area contributed by atoms with Gasteiger partial charge in [0.05, 0.1) is 33.7 Å². The summed E-state index contributed by atoms with van der Waals surface area (Å²) in [4.78, 5) is 17.1. The fourth-order valence-electron chi connectivity index (χ4n) is 3.55. The molecule has 0 aliphatic carbocycles. The van der Waals surface area contributed by atoms with Crippen LogP contribution in [0.4, 0.5) is 4.39 Å². The van der Waals surface area contributed by atoms with Gasteiger partial charge in [0, 0.05) is 30.1 Å². The zero-order chi connectivity index (χ0) is 23.2. The van der Waals surface area contributed by atoms with E-state index in [1.54, 1.807) is 36.5 Å². The Labute approximate surface area is 187 Å². The number of fused-ring (bicyclic) bond motifs is 1. The highest BCUT2D eigenvalue weighted by Crippen LogP contribution is 2.25. The first-order valence-electron chi connectivity index (χ1n) is 9.81. The van der Waals surface area contributed by atoms with Crippen molar-refractivity contribution in [3.8, 4) is 22.8 Å². The minimum Gasteiger partial charge on any atom is -0.287 e. The van der Waals surface area contributed by atoms with E-state index in [1.807, 2.05) is 0 Å². The van der Waals surface area contributed by atoms with Crippen molar-refractivity contribution in [1.82, 2.24) is 24.5 Å². The molecule has 0 aliphatic rings. The molecule has 3 aromatic heterocycles. The van der Waals surface area contributed by atoms with Gasteiger partial charge in [0.15, 0.2) is 15.5 Å². The highest BCUT2D eigenvalue weighted by molar-refractivity contribution is 7.90. The standard InChI is InChI=1S/C23H16FN5O3S/c1-33(31,32)17-4-2-3-16(14-17)28-12-9-22(30)23(27-28)21-8-11-26-29(21)20-7-10-25-19-6-5-15(24)13-18(19)20/h2-14H,1H3. The van der Waals surface area contributed by atoms with Crippen molar-refractivity contribution in [3.05, 3.63) is 95.3 Å². The van der Waals surface area contributed by atoms with Crippen LogP contribution in [0.2, 0.25) is 0 Å². The number of sulfone groups is 1. The lowest BCUT2D eigenvalue weighted by Gasteiger charge is -2.12. The van der Waals surface area contributed by atoms with E-state index in [4.69, 9.17) is 0 Å². The summed E-state index contributed by atoms with van der Waals surface area (Å²) < 4.78 is 40.7. The van der Waals surface area contributed by atoms with E-state index in [0.717, 1.165) is 6.26 Å². The van der Waals surface area contributed by atoms with Gasteiger partial charge in [-0.3, -0.25) is 9.78 Å². The van der Waals surface area contributed by atoms with Crippen molar-refractivity contribution in [2.24, 2.45) is 0 Å². The van der Waals surface area contributed by atoms with Crippen molar-refractivity contribution in [3.63, 3.8) is 0 Å². The van der Waals surface area contributed by atoms with Crippen LogP contribution in [0, 0.1) is 5.82 Å². The van der Waals surface area contributed by atoms with Gasteiger partial charge in [-0.05, 0) is 48.5 Å². The van der Waals surface area contributed by atoms with Gasteiger partial charge in [-0.15, -0.1) is 0 Å². The van der Waals surface area contributed by atoms with Crippen LogP contribution in [-0.4, -0.2) is 39.2 Å². The van der Waals surface area contributed by atoms with E-state index < -0.39 is 15.7 Å². The Kier molecular flexibility index (Phi) is 4.86. The summed E-state index contributed by atoms with van der Waals surface area (Å²) in [5, 5.41) is 9.31. The number of nitrogens with zero attached hydrogens (tertiary/aromatic N) is 5. The SMILES string of the molecule is CS(=O)(=O)c1cccc(-n2ccc(=O)c(-c3ccnn3-c3ccnc4ccc(F)cc34)n2)c1. The maximum absolute atomic E-state index is 13.9. The fraction of sp³-hybridized carbons (Fsp3) is 0.0435. The lowest BCUT2D eigenvalue weighted by Crippen LogP contribution is -2.15. The Hall–Kier alpha value is -4.18. The molecule has 0 spiro atoms. The van der Waals surface area contributed by atoms with Crippen LogP contribution < -0.4 is 5.43 Å². The zero-order valence-corrected chi connectivity index (χ0v) is 18.1. The lowest BCUT2D eigenvalue weighted by atomic mass is 10.1. The third kappa shape index (κ3) is 3.80. The topological polar surface area (TPSA) is 99.7 Å². The molecule has 5 aromatic rings. The van der Waals surface area contributed by atoms with Crippen molar-refractivity contribution in [2.45, 2.75) is 4.90 Å². The van der Waals surface area contributed by atoms with E-state index in [2.05, 4.69) is 15.2 Å². The van der Waals surface area contributed by atoms with E-state index in [0.29, 0.717) is 28.0 Å². The molecule has 0 bridgehead atoms. The van der Waals surface area contributed by atoms with E-state index in [9.17, 15) is 17.6 Å². The minimum atomic E-state index is -3.42. The molecular formula is C23H16FN5O3S. The second-order valence-electron chi connectivity index (χ2n) is 7.36. The van der Waals surface area contributed by atoms with Crippen molar-refractivity contribution < 1.29 is 12.8 Å². The maximum Gasteiger partial charge on any atom is 0.209 e. The van der Waals surface area contributed by atoms with Crippen LogP contribution in [0.5, 0.6) is 0 Å². The van der Waals surface area contributed by atoms with E-state index >= 15 is 0 Å². The van der Waals surface area contributed by atoms with Gasteiger partial charge >= 0.3 is 0 Å². The van der Waals surface area contributed by atoms with Crippen LogP contribution in [0.15, 0.2) is 88.9 Å². The molecule has 0 atom stereocenters. The van der Waals surface area contributed by atoms with Gasteiger partial charge in [0.1, 0.15) is 5.82 Å².